The van der Waals surface area contributed by atoms with Crippen molar-refractivity contribution in [2.45, 2.75) is 0 Å². The highest BCUT2D eigenvalue weighted by atomic mass is 15.0. The van der Waals surface area contributed by atoms with Crippen LogP contribution in [0.5, 0.6) is 0 Å². The lowest BCUT2D eigenvalue weighted by atomic mass is 9.59. The van der Waals surface area contributed by atoms with Crippen LogP contribution in [0, 0.1) is 0 Å². The van der Waals surface area contributed by atoms with Crippen LogP contribution >= 0.6 is 0 Å². The second kappa shape index (κ2) is 13.9. The highest BCUT2D eigenvalue weighted by molar-refractivity contribution is 6.74. The minimum atomic E-state index is 1.22. The summed E-state index contributed by atoms with van der Waals surface area (Å²) in [6.07, 6.45) is 0. The first-order valence-electron chi connectivity index (χ1n) is 21.4. The molecule has 0 unspecified atom stereocenters. The van der Waals surface area contributed by atoms with E-state index in [4.69, 9.17) is 0 Å². The topological polar surface area (TPSA) is 9.86 Å². The summed E-state index contributed by atoms with van der Waals surface area (Å²) in [5.41, 5.74) is 38.2. The Labute approximate surface area is 363 Å². The number of rotatable bonds is 3. The highest BCUT2D eigenvalue weighted by Crippen LogP contribution is 2.32. The molecule has 22 heteroatoms. The quantitative estimate of drug-likeness (QED) is 0.161. The third-order valence-corrected chi connectivity index (χ3v) is 16.2. The highest BCUT2D eigenvalue weighted by Gasteiger charge is 2.29. The molecule has 0 saturated carbocycles. The maximum Gasteiger partial charge on any atom is 0.142 e. The van der Waals surface area contributed by atoms with Crippen molar-refractivity contribution in [2.24, 2.45) is 0 Å². The Morgan fingerprint density at radius 1 is 0.276 bits per heavy atom. The summed E-state index contributed by atoms with van der Waals surface area (Å²) < 4.78 is 5.35. The van der Waals surface area contributed by atoms with Gasteiger partial charge in [0.15, 0.2) is 0 Å². The lowest BCUT2D eigenvalue weighted by molar-refractivity contribution is 1.19. The molecule has 258 valence electrons. The maximum absolute atomic E-state index is 2.71. The Morgan fingerprint density at radius 3 is 1.00 bits per heavy atom. The fraction of sp³-hybridized carbons (Fsp3) is 0. The van der Waals surface area contributed by atoms with Crippen LogP contribution in [0.25, 0.3) is 66.1 Å². The van der Waals surface area contributed by atoms with E-state index in [1.54, 1.807) is 0 Å². The Kier molecular flexibility index (Phi) is 9.81. The van der Waals surface area contributed by atoms with Crippen molar-refractivity contribution in [1.82, 2.24) is 9.13 Å². The molecule has 0 amide bonds. The van der Waals surface area contributed by atoms with Crippen LogP contribution in [-0.2, 0) is 0 Å². The van der Waals surface area contributed by atoms with E-state index in [1.807, 2.05) is 0 Å². The average molecular weight is 721 g/mol. The van der Waals surface area contributed by atoms with Crippen molar-refractivity contribution in [2.75, 3.05) is 0 Å². The monoisotopic (exact) mass is 725 g/mol. The van der Waals surface area contributed by atoms with Gasteiger partial charge in [-0.25, -0.2) is 0 Å². The van der Waals surface area contributed by atoms with E-state index in [-0.39, 0.29) is 0 Å². The van der Waals surface area contributed by atoms with Crippen molar-refractivity contribution in [3.05, 3.63) is 24.3 Å². The lowest BCUT2D eigenvalue weighted by Gasteiger charge is -2.24. The lowest BCUT2D eigenvalue weighted by Crippen LogP contribution is -2.55. The van der Waals surface area contributed by atoms with Crippen LogP contribution in [0.15, 0.2) is 24.3 Å². The molecular formula is C36H44B20N2. The third kappa shape index (κ3) is 5.21. The van der Waals surface area contributed by atoms with Crippen molar-refractivity contribution in [3.8, 4) is 22.5 Å². The van der Waals surface area contributed by atoms with Gasteiger partial charge in [0.25, 0.3) is 0 Å². The molecule has 0 radical (unpaired) electrons. The van der Waals surface area contributed by atoms with Gasteiger partial charge in [0, 0.05) is 38.8 Å². The number of fused-ring (bicyclic) bond motifs is 6. The van der Waals surface area contributed by atoms with Crippen LogP contribution in [0.4, 0.5) is 0 Å². The first-order valence-corrected chi connectivity index (χ1v) is 21.4. The Balaban J connectivity index is 1.61. The fourth-order valence-corrected chi connectivity index (χ4v) is 11.1. The van der Waals surface area contributed by atoms with Crippen LogP contribution in [0.3, 0.4) is 0 Å². The van der Waals surface area contributed by atoms with Gasteiger partial charge in [-0.3, -0.25) is 0 Å². The van der Waals surface area contributed by atoms with Crippen LogP contribution in [0.1, 0.15) is 0 Å². The summed E-state index contributed by atoms with van der Waals surface area (Å²) in [5, 5.41) is 5.60. The van der Waals surface area contributed by atoms with Crippen LogP contribution in [-0.4, -0.2) is 166 Å². The normalized spacial score (nSPS) is 11.8. The molecular weight excluding hydrogens is 677 g/mol. The van der Waals surface area contributed by atoms with E-state index in [2.05, 4.69) is 190 Å². The van der Waals surface area contributed by atoms with E-state index in [1.165, 1.54) is 175 Å². The minimum absolute atomic E-state index is 1.22. The second-order valence-corrected chi connectivity index (χ2v) is 18.3. The summed E-state index contributed by atoms with van der Waals surface area (Å²) in [5.74, 6) is 0. The first-order chi connectivity index (χ1) is 27.2. The molecule has 8 rings (SSSR count). The molecule has 0 aliphatic rings. The predicted molar refractivity (Wildman–Crippen MR) is 324 cm³/mol. The van der Waals surface area contributed by atoms with Gasteiger partial charge >= 0.3 is 0 Å². The molecule has 8 aromatic rings. The molecule has 0 fully saturated rings. The number of hydrogen-bond donors (Lipinski definition) is 0. The Morgan fingerprint density at radius 2 is 0.586 bits per heavy atom. The fourth-order valence-electron chi connectivity index (χ4n) is 11.1. The molecule has 2 nitrogen and oxygen atoms in total. The average Bonchev–Trinajstić information content (AvgIpc) is 3.75. The molecule has 6 aromatic carbocycles. The van der Waals surface area contributed by atoms with E-state index >= 15 is 0 Å². The van der Waals surface area contributed by atoms with Gasteiger partial charge in [0.1, 0.15) is 157 Å². The second-order valence-electron chi connectivity index (χ2n) is 18.3. The van der Waals surface area contributed by atoms with Gasteiger partial charge in [-0.1, -0.05) is 88.6 Å². The van der Waals surface area contributed by atoms with Gasteiger partial charge in [-0.15, -0.1) is 32.8 Å². The van der Waals surface area contributed by atoms with Crippen LogP contribution < -0.4 is 109 Å². The summed E-state index contributed by atoms with van der Waals surface area (Å²) in [6.45, 7) is 0. The summed E-state index contributed by atoms with van der Waals surface area (Å²) in [4.78, 5) is 0. The van der Waals surface area contributed by atoms with E-state index < -0.39 is 0 Å². The SMILES string of the molecule is Bc1c(B)c(B)c(-c2cccc(-n3c4c(B)c(B)c(B)c(B)c4c4c(B)c(-n5c6c(B)c(B)c(B)c(B)c6c6c(B)c(B)c(B)c(B)c65)c(B)c(B)c43)c2)c(B)c1B. The zero-order valence-corrected chi connectivity index (χ0v) is 39.2. The van der Waals surface area contributed by atoms with Gasteiger partial charge in [0.2, 0.25) is 0 Å². The van der Waals surface area contributed by atoms with Crippen molar-refractivity contribution in [1.29, 1.82) is 0 Å². The van der Waals surface area contributed by atoms with Gasteiger partial charge in [-0.05, 0) is 39.4 Å². The van der Waals surface area contributed by atoms with E-state index in [0.29, 0.717) is 0 Å². The van der Waals surface area contributed by atoms with Gasteiger partial charge in [-0.2, -0.15) is 0 Å². The van der Waals surface area contributed by atoms with Gasteiger partial charge < -0.3 is 9.13 Å². The molecule has 2 aromatic heterocycles. The first kappa shape index (κ1) is 41.0. The Hall–Kier alpha value is -3.78. The number of hydrogen-bond acceptors (Lipinski definition) is 0. The van der Waals surface area contributed by atoms with Crippen LogP contribution in [0.2, 0.25) is 0 Å². The minimum Gasteiger partial charge on any atom is -0.312 e. The molecule has 0 bridgehead atoms. The molecule has 58 heavy (non-hydrogen) atoms. The molecule has 0 spiro atoms. The van der Waals surface area contributed by atoms with Gasteiger partial charge in [0.05, 0.1) is 0 Å². The zero-order chi connectivity index (χ0) is 42.5. The molecule has 0 saturated heterocycles. The summed E-state index contributed by atoms with van der Waals surface area (Å²) >= 11 is 0. The molecule has 2 heterocycles. The molecule has 0 N–H and O–H groups in total. The summed E-state index contributed by atoms with van der Waals surface area (Å²) in [6, 6.07) is 9.40. The molecule has 0 aliphatic carbocycles. The number of nitrogens with zero attached hydrogens (tertiary/aromatic N) is 2. The number of benzene rings is 6. The standard InChI is InChI=1S/C36H44B20N2/c37-12-7(13(38)19(44)23(48)18(12)43)5-2-1-3-6(4-5)57-32-10(16(41)22(47)24(49)27(32)52)11-17(42)36(31(56)30(55)33(11)57)58-34-8(14(39)20(45)25(50)28(34)53)9-15(40)21(46)26(51)29(54)35(9)58/h1-4H,37-56H2. The van der Waals surface area contributed by atoms with Crippen molar-refractivity contribution in [3.63, 3.8) is 0 Å². The summed E-state index contributed by atoms with van der Waals surface area (Å²) in [7, 11) is 46.7. The van der Waals surface area contributed by atoms with E-state index in [9.17, 15) is 0 Å². The largest absolute Gasteiger partial charge is 0.312 e. The predicted octanol–water partition coefficient (Wildman–Crippen LogP) is -25.3. The molecule has 0 atom stereocenters. The smallest absolute Gasteiger partial charge is 0.142 e. The number of aromatic nitrogens is 2. The maximum atomic E-state index is 2.71. The zero-order valence-electron chi connectivity index (χ0n) is 39.2. The third-order valence-electron chi connectivity index (χ3n) is 16.2. The van der Waals surface area contributed by atoms with Crippen molar-refractivity contribution < 1.29 is 0 Å². The van der Waals surface area contributed by atoms with Crippen molar-refractivity contribution >= 4 is 310 Å². The molecule has 0 aliphatic heterocycles. The van der Waals surface area contributed by atoms with E-state index in [0.717, 1.165) is 0 Å². The Bertz CT molecular complexity index is 3130.